The Kier molecular flexibility index (Phi) is 3.90. The Morgan fingerprint density at radius 1 is 1.75 bits per heavy atom. The molecule has 88 valence electrons. The first kappa shape index (κ1) is 11.5. The molecule has 0 amide bonds. The molecule has 1 atom stereocenters. The lowest BCUT2D eigenvalue weighted by molar-refractivity contribution is -0.139. The van der Waals surface area contributed by atoms with Crippen LogP contribution < -0.4 is 5.32 Å². The zero-order valence-corrected chi connectivity index (χ0v) is 10.2. The number of carbonyl (C=O) groups is 1. The molecule has 0 saturated carbocycles. The van der Waals surface area contributed by atoms with Gasteiger partial charge in [-0.25, -0.2) is 4.98 Å². The normalized spacial score (nSPS) is 20.7. The highest BCUT2D eigenvalue weighted by molar-refractivity contribution is 7.09. The maximum absolute atomic E-state index is 11.1. The van der Waals surface area contributed by atoms with Crippen LogP contribution in [0.2, 0.25) is 0 Å². The van der Waals surface area contributed by atoms with Crippen LogP contribution >= 0.6 is 11.3 Å². The standard InChI is InChI=1S/C11H16N2O2S/c1-15-10(14)5-9-7-16-11(13-9)8-3-2-4-12-6-8/h7-8,12H,2-6H2,1H3. The van der Waals surface area contributed by atoms with Gasteiger partial charge in [0.1, 0.15) is 0 Å². The van der Waals surface area contributed by atoms with Gasteiger partial charge >= 0.3 is 5.97 Å². The van der Waals surface area contributed by atoms with E-state index in [9.17, 15) is 4.79 Å². The topological polar surface area (TPSA) is 51.2 Å². The predicted molar refractivity (Wildman–Crippen MR) is 62.7 cm³/mol. The molecule has 4 nitrogen and oxygen atoms in total. The number of rotatable bonds is 3. The summed E-state index contributed by atoms with van der Waals surface area (Å²) in [6.07, 6.45) is 2.68. The monoisotopic (exact) mass is 240 g/mol. The van der Waals surface area contributed by atoms with E-state index < -0.39 is 0 Å². The Morgan fingerprint density at radius 2 is 2.62 bits per heavy atom. The van der Waals surface area contributed by atoms with Crippen LogP contribution in [0, 0.1) is 0 Å². The number of hydrogen-bond donors (Lipinski definition) is 1. The first-order valence-electron chi connectivity index (χ1n) is 5.51. The number of aromatic nitrogens is 1. The van der Waals surface area contributed by atoms with Crippen LogP contribution in [-0.2, 0) is 16.0 Å². The maximum Gasteiger partial charge on any atom is 0.311 e. The summed E-state index contributed by atoms with van der Waals surface area (Å²) in [6, 6.07) is 0. The van der Waals surface area contributed by atoms with E-state index in [1.54, 1.807) is 11.3 Å². The zero-order chi connectivity index (χ0) is 11.4. The Morgan fingerprint density at radius 3 is 3.31 bits per heavy atom. The van der Waals surface area contributed by atoms with Gasteiger partial charge in [0.05, 0.1) is 24.2 Å². The molecule has 5 heteroatoms. The molecule has 1 aliphatic heterocycles. The maximum atomic E-state index is 11.1. The number of hydrogen-bond acceptors (Lipinski definition) is 5. The summed E-state index contributed by atoms with van der Waals surface area (Å²) >= 11 is 1.65. The second-order valence-electron chi connectivity index (χ2n) is 3.97. The minimum Gasteiger partial charge on any atom is -0.469 e. The third-order valence-electron chi connectivity index (χ3n) is 2.77. The molecule has 0 aliphatic carbocycles. The van der Waals surface area contributed by atoms with Crippen molar-refractivity contribution >= 4 is 17.3 Å². The molecular weight excluding hydrogens is 224 g/mol. The summed E-state index contributed by atoms with van der Waals surface area (Å²) in [5.41, 5.74) is 0.831. The summed E-state index contributed by atoms with van der Waals surface area (Å²) in [4.78, 5) is 15.6. The molecule has 0 spiro atoms. The van der Waals surface area contributed by atoms with Gasteiger partial charge in [-0.15, -0.1) is 11.3 Å². The second kappa shape index (κ2) is 5.41. The smallest absolute Gasteiger partial charge is 0.311 e. The molecule has 2 rings (SSSR count). The lowest BCUT2D eigenvalue weighted by Gasteiger charge is -2.20. The van der Waals surface area contributed by atoms with Crippen LogP contribution in [0.5, 0.6) is 0 Å². The van der Waals surface area contributed by atoms with Crippen molar-refractivity contribution in [1.82, 2.24) is 10.3 Å². The third-order valence-corrected chi connectivity index (χ3v) is 3.82. The number of esters is 1. The average molecular weight is 240 g/mol. The van der Waals surface area contributed by atoms with Crippen molar-refractivity contribution in [3.8, 4) is 0 Å². The van der Waals surface area contributed by atoms with Crippen LogP contribution in [0.25, 0.3) is 0 Å². The van der Waals surface area contributed by atoms with Gasteiger partial charge in [-0.1, -0.05) is 0 Å². The van der Waals surface area contributed by atoms with Gasteiger partial charge in [0, 0.05) is 17.8 Å². The van der Waals surface area contributed by atoms with Crippen LogP contribution in [0.15, 0.2) is 5.38 Å². The van der Waals surface area contributed by atoms with E-state index >= 15 is 0 Å². The molecule has 1 saturated heterocycles. The van der Waals surface area contributed by atoms with Gasteiger partial charge in [-0.2, -0.15) is 0 Å². The van der Waals surface area contributed by atoms with Crippen LogP contribution in [0.4, 0.5) is 0 Å². The number of methoxy groups -OCH3 is 1. The lowest BCUT2D eigenvalue weighted by atomic mass is 10.0. The fourth-order valence-corrected chi connectivity index (χ4v) is 2.83. The molecular formula is C11H16N2O2S. The highest BCUT2D eigenvalue weighted by atomic mass is 32.1. The van der Waals surface area contributed by atoms with Crippen LogP contribution in [0.3, 0.4) is 0 Å². The molecule has 1 aromatic rings. The SMILES string of the molecule is COC(=O)Cc1csc(C2CCCNC2)n1. The second-order valence-corrected chi connectivity index (χ2v) is 4.86. The van der Waals surface area contributed by atoms with Crippen molar-refractivity contribution in [2.45, 2.75) is 25.2 Å². The van der Waals surface area contributed by atoms with Gasteiger partial charge in [-0.3, -0.25) is 4.79 Å². The summed E-state index contributed by atoms with van der Waals surface area (Å²) < 4.78 is 4.62. The molecule has 0 aromatic carbocycles. The van der Waals surface area contributed by atoms with E-state index in [1.165, 1.54) is 20.0 Å². The van der Waals surface area contributed by atoms with Gasteiger partial charge in [0.2, 0.25) is 0 Å². The van der Waals surface area contributed by atoms with E-state index in [0.29, 0.717) is 5.92 Å². The molecule has 1 fully saturated rings. The Balaban J connectivity index is 1.98. The van der Waals surface area contributed by atoms with E-state index in [0.717, 1.165) is 23.8 Å². The van der Waals surface area contributed by atoms with Crippen molar-refractivity contribution in [2.75, 3.05) is 20.2 Å². The van der Waals surface area contributed by atoms with Crippen molar-refractivity contribution in [3.05, 3.63) is 16.1 Å². The molecule has 1 N–H and O–H groups in total. The van der Waals surface area contributed by atoms with Crippen molar-refractivity contribution in [1.29, 1.82) is 0 Å². The highest BCUT2D eigenvalue weighted by Crippen LogP contribution is 2.26. The summed E-state index contributed by atoms with van der Waals surface area (Å²) in [7, 11) is 1.40. The van der Waals surface area contributed by atoms with Crippen molar-refractivity contribution in [3.63, 3.8) is 0 Å². The fraction of sp³-hybridized carbons (Fsp3) is 0.636. The number of thiazole rings is 1. The Hall–Kier alpha value is -0.940. The van der Waals surface area contributed by atoms with Crippen LogP contribution in [0.1, 0.15) is 29.5 Å². The zero-order valence-electron chi connectivity index (χ0n) is 9.36. The largest absolute Gasteiger partial charge is 0.469 e. The van der Waals surface area contributed by atoms with Gasteiger partial charge in [0.15, 0.2) is 0 Å². The molecule has 1 aliphatic rings. The fourth-order valence-electron chi connectivity index (χ4n) is 1.87. The summed E-state index contributed by atoms with van der Waals surface area (Å²) in [6.45, 7) is 2.11. The Labute approximate surface area is 99.0 Å². The number of nitrogens with zero attached hydrogens (tertiary/aromatic N) is 1. The quantitative estimate of drug-likeness (QED) is 0.810. The van der Waals surface area contributed by atoms with E-state index in [-0.39, 0.29) is 12.4 Å². The molecule has 16 heavy (non-hydrogen) atoms. The Bertz CT molecular complexity index is 359. The minimum absolute atomic E-state index is 0.224. The van der Waals surface area contributed by atoms with Crippen molar-refractivity contribution in [2.24, 2.45) is 0 Å². The van der Waals surface area contributed by atoms with E-state index in [4.69, 9.17) is 0 Å². The molecule has 0 radical (unpaired) electrons. The summed E-state index contributed by atoms with van der Waals surface area (Å²) in [5, 5.41) is 6.47. The molecule has 0 bridgehead atoms. The minimum atomic E-state index is -0.224. The number of ether oxygens (including phenoxy) is 1. The number of carbonyl (C=O) groups excluding carboxylic acids is 1. The van der Waals surface area contributed by atoms with Gasteiger partial charge in [-0.05, 0) is 19.4 Å². The molecule has 1 unspecified atom stereocenters. The first-order valence-corrected chi connectivity index (χ1v) is 6.39. The van der Waals surface area contributed by atoms with Gasteiger partial charge < -0.3 is 10.1 Å². The van der Waals surface area contributed by atoms with Crippen LogP contribution in [-0.4, -0.2) is 31.2 Å². The molecule has 2 heterocycles. The predicted octanol–water partition coefficient (Wildman–Crippen LogP) is 1.33. The lowest BCUT2D eigenvalue weighted by Crippen LogP contribution is -2.28. The third kappa shape index (κ3) is 2.80. The highest BCUT2D eigenvalue weighted by Gasteiger charge is 2.18. The molecule has 1 aromatic heterocycles. The van der Waals surface area contributed by atoms with Crippen molar-refractivity contribution < 1.29 is 9.53 Å². The summed E-state index contributed by atoms with van der Waals surface area (Å²) in [5.74, 6) is 0.295. The first-order chi connectivity index (χ1) is 7.79. The number of piperidine rings is 1. The average Bonchev–Trinajstić information content (AvgIpc) is 2.78. The van der Waals surface area contributed by atoms with Gasteiger partial charge in [0.25, 0.3) is 0 Å². The van der Waals surface area contributed by atoms with E-state index in [1.807, 2.05) is 5.38 Å². The number of nitrogens with one attached hydrogen (secondary N) is 1. The van der Waals surface area contributed by atoms with E-state index in [2.05, 4.69) is 15.0 Å².